The Balaban J connectivity index is 2.04. The second-order valence-corrected chi connectivity index (χ2v) is 3.87. The molecule has 14 heavy (non-hydrogen) atoms. The maximum Gasteiger partial charge on any atom is 0.148 e. The van der Waals surface area contributed by atoms with Gasteiger partial charge in [0.05, 0.1) is 11.6 Å². The Kier molecular flexibility index (Phi) is 2.79. The van der Waals surface area contributed by atoms with E-state index >= 15 is 0 Å². The van der Waals surface area contributed by atoms with Crippen molar-refractivity contribution in [1.29, 1.82) is 0 Å². The topological polar surface area (TPSA) is 33.2 Å². The molecular formula is C10H11ClN2O. The van der Waals surface area contributed by atoms with Crippen LogP contribution in [0.25, 0.3) is 0 Å². The van der Waals surface area contributed by atoms with Crippen molar-refractivity contribution >= 4 is 17.4 Å². The van der Waals surface area contributed by atoms with Gasteiger partial charge in [-0.25, -0.2) is 0 Å². The van der Waals surface area contributed by atoms with Crippen LogP contribution in [0.2, 0.25) is 5.02 Å². The minimum absolute atomic E-state index is 0.315. The average Bonchev–Trinajstić information content (AvgIpc) is 2.56. The maximum atomic E-state index is 11.0. The molecule has 1 aromatic rings. The summed E-state index contributed by atoms with van der Waals surface area (Å²) in [4.78, 5) is 17.1. The number of Topliss-reactive ketones (excluding diaryl/α,β-unsaturated/α-hetero) is 1. The summed E-state index contributed by atoms with van der Waals surface area (Å²) in [5, 5.41) is 0.673. The second kappa shape index (κ2) is 4.07. The largest absolute Gasteiger partial charge is 0.298 e. The molecular weight excluding hydrogens is 200 g/mol. The van der Waals surface area contributed by atoms with Crippen LogP contribution in [0.1, 0.15) is 12.0 Å². The lowest BCUT2D eigenvalue weighted by molar-refractivity contribution is -0.116. The molecule has 0 spiro atoms. The molecule has 0 saturated carbocycles. The lowest BCUT2D eigenvalue weighted by Crippen LogP contribution is -2.20. The van der Waals surface area contributed by atoms with Crippen LogP contribution in [0.15, 0.2) is 18.5 Å². The van der Waals surface area contributed by atoms with Crippen LogP contribution in [-0.4, -0.2) is 28.8 Å². The Bertz CT molecular complexity index is 354. The number of aromatic nitrogens is 1. The lowest BCUT2D eigenvalue weighted by atomic mass is 10.2. The molecule has 0 bridgehead atoms. The molecule has 1 saturated heterocycles. The fourth-order valence-electron chi connectivity index (χ4n) is 1.60. The minimum atomic E-state index is 0.315. The van der Waals surface area contributed by atoms with Gasteiger partial charge in [0.1, 0.15) is 5.78 Å². The first kappa shape index (κ1) is 9.62. The third-order valence-corrected chi connectivity index (χ3v) is 2.70. The van der Waals surface area contributed by atoms with Gasteiger partial charge in [-0.3, -0.25) is 14.7 Å². The van der Waals surface area contributed by atoms with Crippen LogP contribution in [-0.2, 0) is 11.3 Å². The molecule has 0 aliphatic carbocycles. The molecule has 1 fully saturated rings. The van der Waals surface area contributed by atoms with E-state index in [1.54, 1.807) is 12.4 Å². The van der Waals surface area contributed by atoms with Crippen molar-refractivity contribution in [2.45, 2.75) is 13.0 Å². The number of halogens is 1. The van der Waals surface area contributed by atoms with E-state index in [4.69, 9.17) is 11.6 Å². The standard InChI is InChI=1S/C10H11ClN2O/c11-10-5-12-3-1-8(10)6-13-4-2-9(14)7-13/h1,3,5H,2,4,6-7H2. The molecule has 2 rings (SSSR count). The summed E-state index contributed by atoms with van der Waals surface area (Å²) in [6.07, 6.45) is 4.02. The first-order valence-corrected chi connectivity index (χ1v) is 4.96. The van der Waals surface area contributed by atoms with E-state index in [1.165, 1.54) is 0 Å². The van der Waals surface area contributed by atoms with Crippen LogP contribution in [0.5, 0.6) is 0 Å². The van der Waals surface area contributed by atoms with Gasteiger partial charge in [-0.1, -0.05) is 11.6 Å². The highest BCUT2D eigenvalue weighted by Crippen LogP contribution is 2.17. The van der Waals surface area contributed by atoms with Crippen LogP contribution >= 0.6 is 11.6 Å². The van der Waals surface area contributed by atoms with Crippen molar-refractivity contribution < 1.29 is 4.79 Å². The first-order valence-electron chi connectivity index (χ1n) is 4.58. The van der Waals surface area contributed by atoms with Crippen molar-refractivity contribution in [3.05, 3.63) is 29.0 Å². The Hall–Kier alpha value is -0.930. The number of nitrogens with zero attached hydrogens (tertiary/aromatic N) is 2. The van der Waals surface area contributed by atoms with Crippen molar-refractivity contribution in [2.24, 2.45) is 0 Å². The molecule has 1 aliphatic heterocycles. The number of carbonyl (C=O) groups is 1. The summed E-state index contributed by atoms with van der Waals surface area (Å²) in [5.74, 6) is 0.315. The van der Waals surface area contributed by atoms with Crippen molar-refractivity contribution in [1.82, 2.24) is 9.88 Å². The van der Waals surface area contributed by atoms with Gasteiger partial charge in [0.25, 0.3) is 0 Å². The summed E-state index contributed by atoms with van der Waals surface area (Å²) in [5.41, 5.74) is 1.04. The Morgan fingerprint density at radius 3 is 3.07 bits per heavy atom. The summed E-state index contributed by atoms with van der Waals surface area (Å²) in [7, 11) is 0. The SMILES string of the molecule is O=C1CCN(Cc2ccncc2Cl)C1. The normalized spacial score (nSPS) is 17.6. The van der Waals surface area contributed by atoms with E-state index in [2.05, 4.69) is 9.88 Å². The number of hydrogen-bond acceptors (Lipinski definition) is 3. The first-order chi connectivity index (χ1) is 6.75. The predicted octanol–water partition coefficient (Wildman–Crippen LogP) is 1.51. The number of rotatable bonds is 2. The fraction of sp³-hybridized carbons (Fsp3) is 0.400. The van der Waals surface area contributed by atoms with E-state index in [9.17, 15) is 4.79 Å². The number of hydrogen-bond donors (Lipinski definition) is 0. The molecule has 2 heterocycles. The lowest BCUT2D eigenvalue weighted by Gasteiger charge is -2.13. The monoisotopic (exact) mass is 210 g/mol. The number of likely N-dealkylation sites (tertiary alicyclic amines) is 1. The summed E-state index contributed by atoms with van der Waals surface area (Å²) < 4.78 is 0. The van der Waals surface area contributed by atoms with Gasteiger partial charge in [0.15, 0.2) is 0 Å². The number of pyridine rings is 1. The molecule has 0 N–H and O–H groups in total. The molecule has 0 atom stereocenters. The smallest absolute Gasteiger partial charge is 0.148 e. The Morgan fingerprint density at radius 2 is 2.43 bits per heavy atom. The highest BCUT2D eigenvalue weighted by molar-refractivity contribution is 6.31. The average molecular weight is 211 g/mol. The van der Waals surface area contributed by atoms with Crippen LogP contribution in [0, 0.1) is 0 Å². The summed E-state index contributed by atoms with van der Waals surface area (Å²) >= 11 is 5.96. The molecule has 0 aromatic carbocycles. The molecule has 0 unspecified atom stereocenters. The van der Waals surface area contributed by atoms with Gasteiger partial charge >= 0.3 is 0 Å². The summed E-state index contributed by atoms with van der Waals surface area (Å²) in [6, 6.07) is 1.89. The van der Waals surface area contributed by atoms with Gasteiger partial charge in [0.2, 0.25) is 0 Å². The molecule has 74 valence electrons. The van der Waals surface area contributed by atoms with Gasteiger partial charge in [0, 0.05) is 31.9 Å². The van der Waals surface area contributed by atoms with E-state index in [1.807, 2.05) is 6.07 Å². The Labute approximate surface area is 87.7 Å². The van der Waals surface area contributed by atoms with E-state index in [0.29, 0.717) is 23.8 Å². The number of ketones is 1. The zero-order chi connectivity index (χ0) is 9.97. The predicted molar refractivity (Wildman–Crippen MR) is 54.1 cm³/mol. The minimum Gasteiger partial charge on any atom is -0.298 e. The molecule has 3 nitrogen and oxygen atoms in total. The van der Waals surface area contributed by atoms with Crippen molar-refractivity contribution in [3.63, 3.8) is 0 Å². The number of carbonyl (C=O) groups excluding carboxylic acids is 1. The van der Waals surface area contributed by atoms with E-state index in [-0.39, 0.29) is 0 Å². The third kappa shape index (κ3) is 2.11. The molecule has 4 heteroatoms. The van der Waals surface area contributed by atoms with Gasteiger partial charge in [-0.15, -0.1) is 0 Å². The molecule has 0 amide bonds. The Morgan fingerprint density at radius 1 is 1.57 bits per heavy atom. The van der Waals surface area contributed by atoms with Crippen molar-refractivity contribution in [2.75, 3.05) is 13.1 Å². The van der Waals surface area contributed by atoms with E-state index < -0.39 is 0 Å². The second-order valence-electron chi connectivity index (χ2n) is 3.47. The zero-order valence-corrected chi connectivity index (χ0v) is 8.50. The fourth-order valence-corrected chi connectivity index (χ4v) is 1.78. The highest BCUT2D eigenvalue weighted by Gasteiger charge is 2.19. The van der Waals surface area contributed by atoms with Gasteiger partial charge in [-0.05, 0) is 11.6 Å². The van der Waals surface area contributed by atoms with Crippen LogP contribution < -0.4 is 0 Å². The van der Waals surface area contributed by atoms with Crippen LogP contribution in [0.4, 0.5) is 0 Å². The van der Waals surface area contributed by atoms with Gasteiger partial charge in [-0.2, -0.15) is 0 Å². The maximum absolute atomic E-state index is 11.0. The zero-order valence-electron chi connectivity index (χ0n) is 7.74. The van der Waals surface area contributed by atoms with Gasteiger partial charge < -0.3 is 0 Å². The quantitative estimate of drug-likeness (QED) is 0.742. The summed E-state index contributed by atoms with van der Waals surface area (Å²) in [6.45, 7) is 2.14. The molecule has 1 aliphatic rings. The highest BCUT2D eigenvalue weighted by atomic mass is 35.5. The van der Waals surface area contributed by atoms with E-state index in [0.717, 1.165) is 18.7 Å². The van der Waals surface area contributed by atoms with Crippen molar-refractivity contribution in [3.8, 4) is 0 Å². The third-order valence-electron chi connectivity index (χ3n) is 2.36. The van der Waals surface area contributed by atoms with Crippen LogP contribution in [0.3, 0.4) is 0 Å². The molecule has 1 aromatic heterocycles. The molecule has 0 radical (unpaired) electrons.